The lowest BCUT2D eigenvalue weighted by Crippen LogP contribution is -2.38. The van der Waals surface area contributed by atoms with Crippen LogP contribution >= 0.6 is 11.6 Å². The van der Waals surface area contributed by atoms with Crippen molar-refractivity contribution in [2.75, 3.05) is 29.9 Å². The zero-order valence-corrected chi connectivity index (χ0v) is 20.1. The van der Waals surface area contributed by atoms with Gasteiger partial charge in [0.2, 0.25) is 5.91 Å². The Morgan fingerprint density at radius 3 is 2.29 bits per heavy atom. The fourth-order valence-corrected chi connectivity index (χ4v) is 4.70. The molecule has 0 heterocycles. The molecule has 8 nitrogen and oxygen atoms in total. The predicted octanol–water partition coefficient (Wildman–Crippen LogP) is 4.36. The number of esters is 1. The molecule has 0 unspecified atom stereocenters. The normalized spacial score (nSPS) is 10.9. The number of methoxy groups -OCH3 is 1. The first-order valence-corrected chi connectivity index (χ1v) is 12.1. The number of sulfonamides is 1. The van der Waals surface area contributed by atoms with Crippen LogP contribution < -0.4 is 14.4 Å². The quantitative estimate of drug-likeness (QED) is 0.436. The Labute approximate surface area is 203 Å². The average molecular weight is 503 g/mol. The molecule has 0 aliphatic rings. The summed E-state index contributed by atoms with van der Waals surface area (Å²) in [7, 11) is -2.84. The van der Waals surface area contributed by atoms with E-state index in [-0.39, 0.29) is 26.9 Å². The van der Waals surface area contributed by atoms with E-state index in [1.165, 1.54) is 37.4 Å². The third-order valence-electron chi connectivity index (χ3n) is 4.72. The molecule has 1 amide bonds. The molecule has 0 saturated heterocycles. The summed E-state index contributed by atoms with van der Waals surface area (Å²) in [5.41, 5.74) is 0.609. The SMILES string of the molecule is CCOc1ccc(N(CC(=O)Nc2cc(C(=O)OC)ccc2Cl)S(=O)(=O)c2ccccc2)cc1. The van der Waals surface area contributed by atoms with Crippen LogP contribution in [0, 0.1) is 0 Å². The molecule has 0 aliphatic heterocycles. The number of rotatable bonds is 9. The highest BCUT2D eigenvalue weighted by Gasteiger charge is 2.27. The van der Waals surface area contributed by atoms with Gasteiger partial charge >= 0.3 is 5.97 Å². The van der Waals surface area contributed by atoms with Crippen molar-refractivity contribution in [2.24, 2.45) is 0 Å². The van der Waals surface area contributed by atoms with Gasteiger partial charge in [-0.25, -0.2) is 13.2 Å². The largest absolute Gasteiger partial charge is 0.494 e. The van der Waals surface area contributed by atoms with E-state index < -0.39 is 28.4 Å². The molecule has 34 heavy (non-hydrogen) atoms. The Kier molecular flexibility index (Phi) is 8.14. The molecule has 0 spiro atoms. The average Bonchev–Trinajstić information content (AvgIpc) is 2.84. The summed E-state index contributed by atoms with van der Waals surface area (Å²) in [4.78, 5) is 24.8. The highest BCUT2D eigenvalue weighted by atomic mass is 35.5. The predicted molar refractivity (Wildman–Crippen MR) is 130 cm³/mol. The molecule has 0 atom stereocenters. The summed E-state index contributed by atoms with van der Waals surface area (Å²) in [6.45, 7) is 1.76. The Bertz CT molecular complexity index is 1260. The monoisotopic (exact) mass is 502 g/mol. The van der Waals surface area contributed by atoms with Gasteiger partial charge in [0.15, 0.2) is 0 Å². The fourth-order valence-electron chi connectivity index (χ4n) is 3.10. The Morgan fingerprint density at radius 2 is 1.68 bits per heavy atom. The number of nitrogens with zero attached hydrogens (tertiary/aromatic N) is 1. The van der Waals surface area contributed by atoms with Crippen molar-refractivity contribution in [3.05, 3.63) is 83.4 Å². The zero-order chi connectivity index (χ0) is 24.7. The van der Waals surface area contributed by atoms with Crippen LogP contribution in [-0.2, 0) is 19.6 Å². The zero-order valence-electron chi connectivity index (χ0n) is 18.5. The molecule has 0 aliphatic carbocycles. The molecule has 0 fully saturated rings. The van der Waals surface area contributed by atoms with E-state index in [1.54, 1.807) is 42.5 Å². The highest BCUT2D eigenvalue weighted by Crippen LogP contribution is 2.27. The van der Waals surface area contributed by atoms with Gasteiger partial charge in [-0.05, 0) is 61.5 Å². The van der Waals surface area contributed by atoms with Crippen molar-refractivity contribution in [1.29, 1.82) is 0 Å². The van der Waals surface area contributed by atoms with Crippen molar-refractivity contribution in [3.8, 4) is 5.75 Å². The number of ether oxygens (including phenoxy) is 2. The van der Waals surface area contributed by atoms with Gasteiger partial charge in [0.25, 0.3) is 10.0 Å². The van der Waals surface area contributed by atoms with Crippen LogP contribution in [0.25, 0.3) is 0 Å². The number of benzene rings is 3. The van der Waals surface area contributed by atoms with Gasteiger partial charge < -0.3 is 14.8 Å². The number of anilines is 2. The minimum absolute atomic E-state index is 0.0300. The maximum absolute atomic E-state index is 13.4. The first-order valence-electron chi connectivity index (χ1n) is 10.2. The number of amides is 1. The summed E-state index contributed by atoms with van der Waals surface area (Å²) in [5.74, 6) is -0.689. The summed E-state index contributed by atoms with van der Waals surface area (Å²) >= 11 is 6.16. The topological polar surface area (TPSA) is 102 Å². The minimum atomic E-state index is -4.08. The lowest BCUT2D eigenvalue weighted by atomic mass is 10.2. The molecule has 10 heteroatoms. The molecular weight excluding hydrogens is 480 g/mol. The second-order valence-electron chi connectivity index (χ2n) is 6.99. The Balaban J connectivity index is 1.93. The van der Waals surface area contributed by atoms with E-state index >= 15 is 0 Å². The first kappa shape index (κ1) is 25.1. The van der Waals surface area contributed by atoms with Crippen molar-refractivity contribution >= 4 is 44.9 Å². The van der Waals surface area contributed by atoms with Crippen molar-refractivity contribution in [1.82, 2.24) is 0 Å². The second-order valence-corrected chi connectivity index (χ2v) is 9.26. The van der Waals surface area contributed by atoms with Gasteiger partial charge in [0.1, 0.15) is 12.3 Å². The van der Waals surface area contributed by atoms with Crippen LogP contribution in [0.4, 0.5) is 11.4 Å². The second kappa shape index (κ2) is 11.0. The first-order chi connectivity index (χ1) is 16.3. The lowest BCUT2D eigenvalue weighted by molar-refractivity contribution is -0.114. The number of nitrogens with one attached hydrogen (secondary N) is 1. The number of hydrogen-bond acceptors (Lipinski definition) is 6. The van der Waals surface area contributed by atoms with Gasteiger partial charge in [-0.2, -0.15) is 0 Å². The van der Waals surface area contributed by atoms with Crippen LogP contribution in [-0.4, -0.2) is 40.6 Å². The third kappa shape index (κ3) is 5.86. The molecule has 0 radical (unpaired) electrons. The maximum Gasteiger partial charge on any atom is 0.337 e. The molecule has 0 aromatic heterocycles. The summed E-state index contributed by atoms with van der Waals surface area (Å²) < 4.78 is 37.9. The van der Waals surface area contributed by atoms with Gasteiger partial charge in [-0.1, -0.05) is 29.8 Å². The number of hydrogen-bond donors (Lipinski definition) is 1. The number of carbonyl (C=O) groups is 2. The van der Waals surface area contributed by atoms with E-state index in [2.05, 4.69) is 10.1 Å². The molecule has 3 aromatic rings. The maximum atomic E-state index is 13.4. The standard InChI is InChI=1S/C24H23ClN2O6S/c1-3-33-19-12-10-18(11-13-19)27(34(30,31)20-7-5-4-6-8-20)16-23(28)26-22-15-17(24(29)32-2)9-14-21(22)25/h4-15H,3,16H2,1-2H3,(H,26,28). The van der Waals surface area contributed by atoms with Gasteiger partial charge in [0.05, 0.1) is 40.6 Å². The molecule has 178 valence electrons. The van der Waals surface area contributed by atoms with Gasteiger partial charge in [-0.3, -0.25) is 9.10 Å². The Morgan fingerprint density at radius 1 is 1.00 bits per heavy atom. The summed E-state index contributed by atoms with van der Waals surface area (Å²) in [5, 5.41) is 2.76. The number of carbonyl (C=O) groups excluding carboxylic acids is 2. The van der Waals surface area contributed by atoms with Crippen LogP contribution in [0.3, 0.4) is 0 Å². The van der Waals surface area contributed by atoms with E-state index in [1.807, 2.05) is 6.92 Å². The lowest BCUT2D eigenvalue weighted by Gasteiger charge is -2.24. The van der Waals surface area contributed by atoms with Crippen molar-refractivity contribution < 1.29 is 27.5 Å². The summed E-state index contributed by atoms with van der Waals surface area (Å²) in [6.07, 6.45) is 0. The molecule has 1 N–H and O–H groups in total. The van der Waals surface area contributed by atoms with E-state index in [4.69, 9.17) is 16.3 Å². The molecule has 3 rings (SSSR count). The fraction of sp³-hybridized carbons (Fsp3) is 0.167. The van der Waals surface area contributed by atoms with Crippen LogP contribution in [0.5, 0.6) is 5.75 Å². The van der Waals surface area contributed by atoms with Crippen molar-refractivity contribution in [3.63, 3.8) is 0 Å². The molecular formula is C24H23ClN2O6S. The molecule has 3 aromatic carbocycles. The van der Waals surface area contributed by atoms with Gasteiger partial charge in [0, 0.05) is 0 Å². The minimum Gasteiger partial charge on any atom is -0.494 e. The van der Waals surface area contributed by atoms with Crippen LogP contribution in [0.15, 0.2) is 77.7 Å². The van der Waals surface area contributed by atoms with E-state index in [9.17, 15) is 18.0 Å². The van der Waals surface area contributed by atoms with Crippen molar-refractivity contribution in [2.45, 2.75) is 11.8 Å². The smallest absolute Gasteiger partial charge is 0.337 e. The Hall–Kier alpha value is -3.56. The van der Waals surface area contributed by atoms with E-state index in [0.717, 1.165) is 4.31 Å². The van der Waals surface area contributed by atoms with Gasteiger partial charge in [-0.15, -0.1) is 0 Å². The third-order valence-corrected chi connectivity index (χ3v) is 6.83. The van der Waals surface area contributed by atoms with E-state index in [0.29, 0.717) is 12.4 Å². The number of halogens is 1. The van der Waals surface area contributed by atoms with Crippen LogP contribution in [0.1, 0.15) is 17.3 Å². The summed E-state index contributed by atoms with van der Waals surface area (Å²) in [6, 6.07) is 18.4. The molecule has 0 bridgehead atoms. The molecule has 0 saturated carbocycles. The highest BCUT2D eigenvalue weighted by molar-refractivity contribution is 7.92. The van der Waals surface area contributed by atoms with Crippen LogP contribution in [0.2, 0.25) is 5.02 Å².